The van der Waals surface area contributed by atoms with E-state index in [1.165, 1.54) is 4.90 Å². The second-order valence-electron chi connectivity index (χ2n) is 5.36. The van der Waals surface area contributed by atoms with Crippen LogP contribution < -0.4 is 5.32 Å². The van der Waals surface area contributed by atoms with Crippen LogP contribution in [0.25, 0.3) is 0 Å². The maximum Gasteiger partial charge on any atom is 0.115 e. The van der Waals surface area contributed by atoms with Gasteiger partial charge in [0.05, 0.1) is 0 Å². The Morgan fingerprint density at radius 3 is 1.96 bits per heavy atom. The lowest BCUT2D eigenvalue weighted by Gasteiger charge is -2.09. The third kappa shape index (κ3) is 7.23. The fraction of sp³-hybridized carbons (Fsp3) is 0.263. The van der Waals surface area contributed by atoms with E-state index in [-0.39, 0.29) is 0 Å². The number of unbranched alkanes of at least 4 members (excludes halogenated alkanes) is 1. The monoisotopic (exact) mass is 361 g/mol. The quantitative estimate of drug-likeness (QED) is 0.416. The third-order valence-electron chi connectivity index (χ3n) is 3.30. The number of thioether (sulfide) groups is 2. The minimum absolute atomic E-state index is 0.293. The Labute approximate surface area is 152 Å². The summed E-state index contributed by atoms with van der Waals surface area (Å²) in [7, 11) is 0. The van der Waals surface area contributed by atoms with E-state index in [1.807, 2.05) is 36.0 Å². The van der Waals surface area contributed by atoms with Crippen LogP contribution in [-0.2, 0) is 0 Å². The van der Waals surface area contributed by atoms with Crippen molar-refractivity contribution in [2.45, 2.75) is 22.6 Å². The molecule has 0 amide bonds. The minimum Gasteiger partial charge on any atom is -0.508 e. The Balaban J connectivity index is 1.51. The molecule has 0 radical (unpaired) electrons. The molecule has 0 saturated heterocycles. The van der Waals surface area contributed by atoms with E-state index in [1.54, 1.807) is 36.0 Å². The maximum atomic E-state index is 9.25. The molecular weight excluding hydrogens is 338 g/mol. The van der Waals surface area contributed by atoms with E-state index in [9.17, 15) is 10.2 Å². The highest BCUT2D eigenvalue weighted by Crippen LogP contribution is 2.22. The summed E-state index contributed by atoms with van der Waals surface area (Å²) in [6.07, 6.45) is 2.24. The van der Waals surface area contributed by atoms with Crippen molar-refractivity contribution in [3.8, 4) is 11.5 Å². The molecule has 0 fully saturated rings. The molecule has 24 heavy (non-hydrogen) atoms. The van der Waals surface area contributed by atoms with Crippen LogP contribution in [0.2, 0.25) is 0 Å². The normalized spacial score (nSPS) is 10.5. The summed E-state index contributed by atoms with van der Waals surface area (Å²) in [6.45, 7) is 4.99. The van der Waals surface area contributed by atoms with Gasteiger partial charge in [-0.25, -0.2) is 0 Å². The second-order valence-corrected chi connectivity index (χ2v) is 7.58. The number of phenolic OH excluding ortho intramolecular Hbond substituents is 2. The molecule has 0 aliphatic carbocycles. The van der Waals surface area contributed by atoms with E-state index in [0.29, 0.717) is 11.5 Å². The molecule has 0 saturated carbocycles. The first-order valence-corrected chi connectivity index (χ1v) is 9.86. The summed E-state index contributed by atoms with van der Waals surface area (Å²) in [5.41, 5.74) is 1.03. The van der Waals surface area contributed by atoms with Gasteiger partial charge in [0.15, 0.2) is 0 Å². The molecule has 0 aliphatic rings. The van der Waals surface area contributed by atoms with Crippen LogP contribution in [0, 0.1) is 0 Å². The van der Waals surface area contributed by atoms with Crippen LogP contribution in [0.5, 0.6) is 11.5 Å². The van der Waals surface area contributed by atoms with Gasteiger partial charge in [0, 0.05) is 27.8 Å². The van der Waals surface area contributed by atoms with E-state index in [0.717, 1.165) is 41.5 Å². The molecule has 0 unspecified atom stereocenters. The van der Waals surface area contributed by atoms with Crippen molar-refractivity contribution in [2.24, 2.45) is 0 Å². The molecule has 0 heterocycles. The van der Waals surface area contributed by atoms with Gasteiger partial charge in [0.1, 0.15) is 11.5 Å². The summed E-state index contributed by atoms with van der Waals surface area (Å²) in [5.74, 6) is 2.50. The number of nitrogens with one attached hydrogen (secondary N) is 1. The molecule has 0 bridgehead atoms. The van der Waals surface area contributed by atoms with Crippen LogP contribution in [-0.4, -0.2) is 28.3 Å². The molecule has 5 heteroatoms. The molecule has 0 spiro atoms. The first-order chi connectivity index (χ1) is 11.6. The number of aromatic hydroxyl groups is 2. The fourth-order valence-corrected chi connectivity index (χ4v) is 3.67. The molecule has 2 aromatic carbocycles. The van der Waals surface area contributed by atoms with Crippen molar-refractivity contribution >= 4 is 23.5 Å². The molecule has 2 rings (SSSR count). The Kier molecular flexibility index (Phi) is 7.92. The highest BCUT2D eigenvalue weighted by molar-refractivity contribution is 7.99. The molecule has 0 aromatic heterocycles. The van der Waals surface area contributed by atoms with Crippen molar-refractivity contribution in [3.63, 3.8) is 0 Å². The Hall–Kier alpha value is -1.72. The van der Waals surface area contributed by atoms with Crippen LogP contribution in [0.4, 0.5) is 0 Å². The van der Waals surface area contributed by atoms with Crippen molar-refractivity contribution < 1.29 is 10.2 Å². The topological polar surface area (TPSA) is 52.5 Å². The van der Waals surface area contributed by atoms with E-state index in [4.69, 9.17) is 0 Å². The summed E-state index contributed by atoms with van der Waals surface area (Å²) >= 11 is 3.52. The molecular formula is C19H23NO2S2. The van der Waals surface area contributed by atoms with Crippen molar-refractivity contribution in [3.05, 3.63) is 60.8 Å². The van der Waals surface area contributed by atoms with E-state index < -0.39 is 0 Å². The number of hydrogen-bond donors (Lipinski definition) is 3. The van der Waals surface area contributed by atoms with Gasteiger partial charge >= 0.3 is 0 Å². The molecule has 3 nitrogen and oxygen atoms in total. The molecule has 2 aromatic rings. The number of hydrogen-bond acceptors (Lipinski definition) is 5. The summed E-state index contributed by atoms with van der Waals surface area (Å²) in [4.78, 5) is 2.32. The van der Waals surface area contributed by atoms with Gasteiger partial charge in [-0.05, 0) is 67.1 Å². The number of rotatable bonds is 10. The maximum absolute atomic E-state index is 9.25. The summed E-state index contributed by atoms with van der Waals surface area (Å²) in [5, 5.41) is 21.9. The van der Waals surface area contributed by atoms with E-state index in [2.05, 4.69) is 11.9 Å². The summed E-state index contributed by atoms with van der Waals surface area (Å²) in [6, 6.07) is 14.6. The summed E-state index contributed by atoms with van der Waals surface area (Å²) < 4.78 is 0. The van der Waals surface area contributed by atoms with E-state index >= 15 is 0 Å². The predicted octanol–water partition coefficient (Wildman–Crippen LogP) is 4.87. The van der Waals surface area contributed by atoms with Gasteiger partial charge in [-0.2, -0.15) is 0 Å². The smallest absolute Gasteiger partial charge is 0.115 e. The lowest BCUT2D eigenvalue weighted by molar-refractivity contribution is 0.474. The SMILES string of the molecule is C=C(CSc1ccc(O)cc1)NCCCCSc1ccc(O)cc1. The first kappa shape index (κ1) is 18.6. The fourth-order valence-electron chi connectivity index (χ4n) is 1.99. The number of benzene rings is 2. The molecule has 0 atom stereocenters. The van der Waals surface area contributed by atoms with Gasteiger partial charge in [-0.3, -0.25) is 0 Å². The standard InChI is InChI=1S/C19H23NO2S2/c1-15(14-24-19-10-6-17(22)7-11-19)20-12-2-3-13-23-18-8-4-16(21)5-9-18/h4-11,20-22H,1-3,12-14H2. The van der Waals surface area contributed by atoms with Crippen LogP contribution in [0.1, 0.15) is 12.8 Å². The van der Waals surface area contributed by atoms with Gasteiger partial charge in [-0.1, -0.05) is 6.58 Å². The van der Waals surface area contributed by atoms with Crippen molar-refractivity contribution in [1.82, 2.24) is 5.32 Å². The van der Waals surface area contributed by atoms with Crippen molar-refractivity contribution in [2.75, 3.05) is 18.1 Å². The first-order valence-electron chi connectivity index (χ1n) is 7.89. The largest absolute Gasteiger partial charge is 0.508 e. The highest BCUT2D eigenvalue weighted by Gasteiger charge is 1.99. The molecule has 3 N–H and O–H groups in total. The lowest BCUT2D eigenvalue weighted by Crippen LogP contribution is -2.15. The minimum atomic E-state index is 0.293. The highest BCUT2D eigenvalue weighted by atomic mass is 32.2. The van der Waals surface area contributed by atoms with Gasteiger partial charge in [-0.15, -0.1) is 23.5 Å². The Morgan fingerprint density at radius 2 is 1.38 bits per heavy atom. The van der Waals surface area contributed by atoms with Gasteiger partial charge in [0.2, 0.25) is 0 Å². The predicted molar refractivity (Wildman–Crippen MR) is 104 cm³/mol. The number of phenols is 2. The molecule has 128 valence electrons. The zero-order chi connectivity index (χ0) is 17.2. The van der Waals surface area contributed by atoms with Crippen molar-refractivity contribution in [1.29, 1.82) is 0 Å². The molecule has 0 aliphatic heterocycles. The average Bonchev–Trinajstić information content (AvgIpc) is 2.59. The lowest BCUT2D eigenvalue weighted by atomic mass is 10.3. The second kappa shape index (κ2) is 10.2. The van der Waals surface area contributed by atoms with Gasteiger partial charge < -0.3 is 15.5 Å². The van der Waals surface area contributed by atoms with Crippen LogP contribution in [0.3, 0.4) is 0 Å². The zero-order valence-corrected chi connectivity index (χ0v) is 15.2. The van der Waals surface area contributed by atoms with Crippen LogP contribution in [0.15, 0.2) is 70.6 Å². The average molecular weight is 362 g/mol. The zero-order valence-electron chi connectivity index (χ0n) is 13.6. The van der Waals surface area contributed by atoms with Gasteiger partial charge in [0.25, 0.3) is 0 Å². The Morgan fingerprint density at radius 1 is 0.833 bits per heavy atom. The third-order valence-corrected chi connectivity index (χ3v) is 5.50. The Bertz CT molecular complexity index is 627. The van der Waals surface area contributed by atoms with Crippen LogP contribution >= 0.6 is 23.5 Å².